The molecule has 0 bridgehead atoms. The molecule has 0 aliphatic heterocycles. The maximum atomic E-state index is 5.84. The van der Waals surface area contributed by atoms with Crippen LogP contribution in [0, 0.1) is 0 Å². The van der Waals surface area contributed by atoms with Crippen molar-refractivity contribution < 1.29 is 0 Å². The molecule has 0 amide bonds. The lowest BCUT2D eigenvalue weighted by Gasteiger charge is -2.07. The average Bonchev–Trinajstić information content (AvgIpc) is 2.39. The summed E-state index contributed by atoms with van der Waals surface area (Å²) in [4.78, 5) is 0. The molecule has 2 rings (SSSR count). The highest BCUT2D eigenvalue weighted by atomic mass is 14.6. The highest BCUT2D eigenvalue weighted by Gasteiger charge is 2.01. The number of hydrogen-bond donors (Lipinski definition) is 1. The number of benzene rings is 2. The molecule has 88 valence electrons. The van der Waals surface area contributed by atoms with Gasteiger partial charge in [0, 0.05) is 6.04 Å². The van der Waals surface area contributed by atoms with E-state index in [1.165, 1.54) is 22.3 Å². The molecule has 0 aromatic heterocycles. The van der Waals surface area contributed by atoms with Gasteiger partial charge in [0.15, 0.2) is 0 Å². The van der Waals surface area contributed by atoms with Crippen molar-refractivity contribution in [2.75, 3.05) is 0 Å². The molecule has 17 heavy (non-hydrogen) atoms. The summed E-state index contributed by atoms with van der Waals surface area (Å²) >= 11 is 0. The Kier molecular flexibility index (Phi) is 3.60. The second-order valence-corrected chi connectivity index (χ2v) is 4.46. The number of hydrogen-bond acceptors (Lipinski definition) is 1. The Balaban J connectivity index is 2.26. The van der Waals surface area contributed by atoms with Crippen molar-refractivity contribution in [2.45, 2.75) is 26.3 Å². The zero-order chi connectivity index (χ0) is 12.3. The zero-order valence-corrected chi connectivity index (χ0v) is 10.5. The van der Waals surface area contributed by atoms with Crippen molar-refractivity contribution in [1.29, 1.82) is 0 Å². The number of rotatable bonds is 3. The first-order valence-corrected chi connectivity index (χ1v) is 6.15. The first-order valence-electron chi connectivity index (χ1n) is 6.15. The maximum Gasteiger partial charge on any atom is 0.0266 e. The molecule has 0 fully saturated rings. The molecule has 2 aromatic rings. The molecule has 2 N–H and O–H groups in total. The molecule has 0 aliphatic carbocycles. The van der Waals surface area contributed by atoms with E-state index in [1.54, 1.807) is 0 Å². The van der Waals surface area contributed by atoms with Gasteiger partial charge in [0.25, 0.3) is 0 Å². The summed E-state index contributed by atoms with van der Waals surface area (Å²) in [5.41, 5.74) is 10.9. The summed E-state index contributed by atoms with van der Waals surface area (Å²) < 4.78 is 0. The molecule has 0 saturated heterocycles. The third-order valence-corrected chi connectivity index (χ3v) is 3.13. The summed E-state index contributed by atoms with van der Waals surface area (Å²) in [5, 5.41) is 0. The van der Waals surface area contributed by atoms with Gasteiger partial charge in [0.1, 0.15) is 0 Å². The lowest BCUT2D eigenvalue weighted by atomic mass is 10.0. The molecule has 0 spiro atoms. The minimum atomic E-state index is 0.103. The largest absolute Gasteiger partial charge is 0.324 e. The van der Waals surface area contributed by atoms with Crippen LogP contribution in [0.5, 0.6) is 0 Å². The Labute approximate surface area is 103 Å². The van der Waals surface area contributed by atoms with Gasteiger partial charge in [-0.1, -0.05) is 55.5 Å². The summed E-state index contributed by atoms with van der Waals surface area (Å²) in [7, 11) is 0. The van der Waals surface area contributed by atoms with Crippen LogP contribution < -0.4 is 5.73 Å². The molecule has 1 heteroatoms. The maximum absolute atomic E-state index is 5.84. The Bertz CT molecular complexity index is 466. The molecule has 1 atom stereocenters. The van der Waals surface area contributed by atoms with Gasteiger partial charge in [0.2, 0.25) is 0 Å². The highest BCUT2D eigenvalue weighted by Crippen LogP contribution is 2.21. The Morgan fingerprint density at radius 1 is 0.882 bits per heavy atom. The van der Waals surface area contributed by atoms with Crippen LogP contribution in [0.15, 0.2) is 48.5 Å². The second-order valence-electron chi connectivity index (χ2n) is 4.46. The van der Waals surface area contributed by atoms with Crippen molar-refractivity contribution in [1.82, 2.24) is 0 Å². The van der Waals surface area contributed by atoms with Gasteiger partial charge in [-0.15, -0.1) is 0 Å². The molecule has 0 saturated carbocycles. The van der Waals surface area contributed by atoms with Crippen LogP contribution in [0.3, 0.4) is 0 Å². The quantitative estimate of drug-likeness (QED) is 0.841. The normalized spacial score (nSPS) is 12.4. The van der Waals surface area contributed by atoms with E-state index in [4.69, 9.17) is 5.73 Å². The van der Waals surface area contributed by atoms with Gasteiger partial charge < -0.3 is 5.73 Å². The van der Waals surface area contributed by atoms with Crippen LogP contribution in [0.2, 0.25) is 0 Å². The van der Waals surface area contributed by atoms with E-state index in [1.807, 2.05) is 6.92 Å². The predicted octanol–water partition coefficient (Wildman–Crippen LogP) is 3.94. The fraction of sp³-hybridized carbons (Fsp3) is 0.250. The van der Waals surface area contributed by atoms with Crippen LogP contribution in [0.4, 0.5) is 0 Å². The lowest BCUT2D eigenvalue weighted by Crippen LogP contribution is -2.04. The highest BCUT2D eigenvalue weighted by molar-refractivity contribution is 5.64. The van der Waals surface area contributed by atoms with E-state index in [9.17, 15) is 0 Å². The topological polar surface area (TPSA) is 26.0 Å². The van der Waals surface area contributed by atoms with Crippen molar-refractivity contribution in [3.63, 3.8) is 0 Å². The fourth-order valence-electron chi connectivity index (χ4n) is 1.91. The van der Waals surface area contributed by atoms with E-state index in [2.05, 4.69) is 55.5 Å². The first kappa shape index (κ1) is 11.9. The minimum absolute atomic E-state index is 0.103. The molecule has 0 heterocycles. The molecule has 2 aromatic carbocycles. The van der Waals surface area contributed by atoms with Crippen LogP contribution in [0.1, 0.15) is 31.0 Å². The van der Waals surface area contributed by atoms with Crippen LogP contribution in [-0.2, 0) is 6.42 Å². The molecular formula is C16H19N. The Morgan fingerprint density at radius 2 is 1.35 bits per heavy atom. The van der Waals surface area contributed by atoms with Gasteiger partial charge in [-0.05, 0) is 35.6 Å². The van der Waals surface area contributed by atoms with E-state index in [0.717, 1.165) is 6.42 Å². The molecular weight excluding hydrogens is 206 g/mol. The number of nitrogens with two attached hydrogens (primary N) is 1. The third kappa shape index (κ3) is 2.75. The summed E-state index contributed by atoms with van der Waals surface area (Å²) in [6.45, 7) is 4.18. The third-order valence-electron chi connectivity index (χ3n) is 3.13. The molecule has 1 nitrogen and oxygen atoms in total. The fourth-order valence-corrected chi connectivity index (χ4v) is 1.91. The van der Waals surface area contributed by atoms with E-state index in [-0.39, 0.29) is 6.04 Å². The van der Waals surface area contributed by atoms with E-state index >= 15 is 0 Å². The van der Waals surface area contributed by atoms with Crippen molar-refractivity contribution in [2.24, 2.45) is 5.73 Å². The predicted molar refractivity (Wildman–Crippen MR) is 73.9 cm³/mol. The van der Waals surface area contributed by atoms with Crippen LogP contribution in [0.25, 0.3) is 11.1 Å². The number of aryl methyl sites for hydroxylation is 1. The smallest absolute Gasteiger partial charge is 0.0266 e. The van der Waals surface area contributed by atoms with E-state index < -0.39 is 0 Å². The minimum Gasteiger partial charge on any atom is -0.324 e. The van der Waals surface area contributed by atoms with Crippen molar-refractivity contribution in [3.8, 4) is 11.1 Å². The van der Waals surface area contributed by atoms with Crippen molar-refractivity contribution in [3.05, 3.63) is 59.7 Å². The van der Waals surface area contributed by atoms with Crippen molar-refractivity contribution >= 4 is 0 Å². The lowest BCUT2D eigenvalue weighted by molar-refractivity contribution is 0.818. The first-order chi connectivity index (χ1) is 8.20. The summed E-state index contributed by atoms with van der Waals surface area (Å²) in [6, 6.07) is 17.3. The summed E-state index contributed by atoms with van der Waals surface area (Å²) in [6.07, 6.45) is 1.09. The standard InChI is InChI=1S/C16H19N/c1-3-13-4-6-15(7-5-13)16-10-8-14(9-11-16)12(2)17/h4-12H,3,17H2,1-2H3. The zero-order valence-electron chi connectivity index (χ0n) is 10.5. The second kappa shape index (κ2) is 5.15. The van der Waals surface area contributed by atoms with Crippen LogP contribution in [-0.4, -0.2) is 0 Å². The molecule has 0 radical (unpaired) electrons. The van der Waals surface area contributed by atoms with Gasteiger partial charge in [0.05, 0.1) is 0 Å². The van der Waals surface area contributed by atoms with Gasteiger partial charge in [-0.2, -0.15) is 0 Å². The SMILES string of the molecule is CCc1ccc(-c2ccc(C(C)N)cc2)cc1. The Hall–Kier alpha value is -1.60. The van der Waals surface area contributed by atoms with Gasteiger partial charge in [-0.25, -0.2) is 0 Å². The average molecular weight is 225 g/mol. The van der Waals surface area contributed by atoms with E-state index in [0.29, 0.717) is 0 Å². The van der Waals surface area contributed by atoms with Gasteiger partial charge in [-0.3, -0.25) is 0 Å². The molecule has 0 aliphatic rings. The van der Waals surface area contributed by atoms with Crippen LogP contribution >= 0.6 is 0 Å². The molecule has 1 unspecified atom stereocenters. The summed E-state index contributed by atoms with van der Waals surface area (Å²) in [5.74, 6) is 0. The Morgan fingerprint density at radius 3 is 1.76 bits per heavy atom. The van der Waals surface area contributed by atoms with Gasteiger partial charge >= 0.3 is 0 Å². The monoisotopic (exact) mass is 225 g/mol.